The van der Waals surface area contributed by atoms with Crippen LogP contribution >= 0.6 is 0 Å². The Labute approximate surface area is 112 Å². The number of para-hydroxylation sites is 1. The number of amides is 1. The normalized spacial score (nSPS) is 9.74. The van der Waals surface area contributed by atoms with Crippen molar-refractivity contribution in [2.45, 2.75) is 0 Å². The number of hydrogen-bond acceptors (Lipinski definition) is 3. The molecule has 0 saturated heterocycles. The maximum Gasteiger partial charge on any atom is 0.243 e. The van der Waals surface area contributed by atoms with Crippen LogP contribution in [0, 0.1) is 0 Å². The number of hydrogen-bond donors (Lipinski definition) is 2. The van der Waals surface area contributed by atoms with Crippen LogP contribution in [0.25, 0.3) is 0 Å². The highest BCUT2D eigenvalue weighted by atomic mass is 16.5. The van der Waals surface area contributed by atoms with Gasteiger partial charge in [-0.3, -0.25) is 4.79 Å². The fourth-order valence-electron chi connectivity index (χ4n) is 1.62. The summed E-state index contributed by atoms with van der Waals surface area (Å²) in [5.41, 5.74) is 1.67. The lowest BCUT2D eigenvalue weighted by molar-refractivity contribution is -0.114. The standard InChI is InChI=1S/C15H16N2O2/c1-19-14-9-7-13(8-10-14)17-15(18)11-16-12-5-3-2-4-6-12/h2-10,16H,11H2,1H3,(H,17,18). The molecule has 4 nitrogen and oxygen atoms in total. The molecule has 0 bridgehead atoms. The predicted octanol–water partition coefficient (Wildman–Crippen LogP) is 2.75. The SMILES string of the molecule is COc1ccc(NC(=O)CNc2ccccc2)cc1. The molecule has 0 aliphatic rings. The minimum Gasteiger partial charge on any atom is -0.497 e. The molecule has 0 radical (unpaired) electrons. The van der Waals surface area contributed by atoms with Crippen LogP contribution in [0.4, 0.5) is 11.4 Å². The summed E-state index contributed by atoms with van der Waals surface area (Å²) in [6.45, 7) is 0.232. The van der Waals surface area contributed by atoms with Gasteiger partial charge < -0.3 is 15.4 Å². The first kappa shape index (κ1) is 13.0. The summed E-state index contributed by atoms with van der Waals surface area (Å²) in [6.07, 6.45) is 0. The van der Waals surface area contributed by atoms with Crippen molar-refractivity contribution in [3.63, 3.8) is 0 Å². The van der Waals surface area contributed by atoms with Crippen LogP contribution in [-0.2, 0) is 4.79 Å². The lowest BCUT2D eigenvalue weighted by Crippen LogP contribution is -2.21. The highest BCUT2D eigenvalue weighted by molar-refractivity contribution is 5.93. The Morgan fingerprint density at radius 1 is 1.00 bits per heavy atom. The van der Waals surface area contributed by atoms with Gasteiger partial charge in [0.25, 0.3) is 0 Å². The second-order valence-corrected chi connectivity index (χ2v) is 4.00. The smallest absolute Gasteiger partial charge is 0.243 e. The van der Waals surface area contributed by atoms with E-state index >= 15 is 0 Å². The monoisotopic (exact) mass is 256 g/mol. The van der Waals surface area contributed by atoms with Gasteiger partial charge in [0.05, 0.1) is 13.7 Å². The van der Waals surface area contributed by atoms with Crippen LogP contribution in [0.3, 0.4) is 0 Å². The summed E-state index contributed by atoms with van der Waals surface area (Å²) in [7, 11) is 1.61. The van der Waals surface area contributed by atoms with Gasteiger partial charge in [-0.1, -0.05) is 18.2 Å². The molecule has 0 unspecified atom stereocenters. The van der Waals surface area contributed by atoms with E-state index in [1.54, 1.807) is 31.4 Å². The van der Waals surface area contributed by atoms with E-state index in [0.717, 1.165) is 17.1 Å². The van der Waals surface area contributed by atoms with Gasteiger partial charge in [-0.15, -0.1) is 0 Å². The molecule has 0 heterocycles. The van der Waals surface area contributed by atoms with E-state index < -0.39 is 0 Å². The molecule has 0 atom stereocenters. The Morgan fingerprint density at radius 3 is 2.32 bits per heavy atom. The Hall–Kier alpha value is -2.49. The number of carbonyl (C=O) groups excluding carboxylic acids is 1. The number of rotatable bonds is 5. The molecular weight excluding hydrogens is 240 g/mol. The summed E-state index contributed by atoms with van der Waals surface area (Å²) in [6, 6.07) is 16.8. The van der Waals surface area contributed by atoms with Gasteiger partial charge >= 0.3 is 0 Å². The van der Waals surface area contributed by atoms with Gasteiger partial charge in [0.15, 0.2) is 0 Å². The van der Waals surface area contributed by atoms with E-state index in [0.29, 0.717) is 0 Å². The Kier molecular flexibility index (Phi) is 4.39. The molecule has 0 fully saturated rings. The molecule has 4 heteroatoms. The summed E-state index contributed by atoms with van der Waals surface area (Å²) >= 11 is 0. The van der Waals surface area contributed by atoms with Crippen molar-refractivity contribution in [3.05, 3.63) is 54.6 Å². The fourth-order valence-corrected chi connectivity index (χ4v) is 1.62. The first-order chi connectivity index (χ1) is 9.28. The molecule has 0 spiro atoms. The summed E-state index contributed by atoms with van der Waals surface area (Å²) < 4.78 is 5.05. The van der Waals surface area contributed by atoms with E-state index in [1.165, 1.54) is 0 Å². The number of anilines is 2. The van der Waals surface area contributed by atoms with Gasteiger partial charge in [0, 0.05) is 11.4 Å². The quantitative estimate of drug-likeness (QED) is 0.864. The molecule has 0 saturated carbocycles. The van der Waals surface area contributed by atoms with Crippen molar-refractivity contribution >= 4 is 17.3 Å². The van der Waals surface area contributed by atoms with Crippen molar-refractivity contribution < 1.29 is 9.53 Å². The van der Waals surface area contributed by atoms with E-state index in [1.807, 2.05) is 30.3 Å². The van der Waals surface area contributed by atoms with Crippen molar-refractivity contribution in [2.75, 3.05) is 24.3 Å². The van der Waals surface area contributed by atoms with Gasteiger partial charge in [-0.25, -0.2) is 0 Å². The largest absolute Gasteiger partial charge is 0.497 e. The topological polar surface area (TPSA) is 50.4 Å². The Bertz CT molecular complexity index is 524. The maximum atomic E-state index is 11.7. The number of carbonyl (C=O) groups is 1. The zero-order valence-electron chi connectivity index (χ0n) is 10.7. The highest BCUT2D eigenvalue weighted by Crippen LogP contribution is 2.14. The maximum absolute atomic E-state index is 11.7. The third-order valence-corrected chi connectivity index (χ3v) is 2.60. The number of nitrogens with one attached hydrogen (secondary N) is 2. The van der Waals surface area contributed by atoms with Gasteiger partial charge in [-0.2, -0.15) is 0 Å². The molecule has 2 aromatic carbocycles. The summed E-state index contributed by atoms with van der Waals surface area (Å²) in [5.74, 6) is 0.675. The minimum atomic E-state index is -0.0889. The average molecular weight is 256 g/mol. The van der Waals surface area contributed by atoms with Crippen molar-refractivity contribution in [2.24, 2.45) is 0 Å². The van der Waals surface area contributed by atoms with Crippen molar-refractivity contribution in [3.8, 4) is 5.75 Å². The number of methoxy groups -OCH3 is 1. The molecule has 0 aliphatic carbocycles. The molecule has 2 N–H and O–H groups in total. The molecule has 2 rings (SSSR count). The first-order valence-electron chi connectivity index (χ1n) is 6.01. The zero-order chi connectivity index (χ0) is 13.5. The lowest BCUT2D eigenvalue weighted by atomic mass is 10.3. The summed E-state index contributed by atoms with van der Waals surface area (Å²) in [4.78, 5) is 11.7. The van der Waals surface area contributed by atoms with Crippen LogP contribution in [0.2, 0.25) is 0 Å². The van der Waals surface area contributed by atoms with Gasteiger partial charge in [0.2, 0.25) is 5.91 Å². The fraction of sp³-hybridized carbons (Fsp3) is 0.133. The molecule has 98 valence electrons. The van der Waals surface area contributed by atoms with Crippen LogP contribution in [0.5, 0.6) is 5.75 Å². The van der Waals surface area contributed by atoms with Crippen LogP contribution in [0.1, 0.15) is 0 Å². The molecule has 0 aromatic heterocycles. The third-order valence-electron chi connectivity index (χ3n) is 2.60. The first-order valence-corrected chi connectivity index (χ1v) is 6.01. The van der Waals surface area contributed by atoms with Crippen LogP contribution < -0.4 is 15.4 Å². The van der Waals surface area contributed by atoms with Crippen molar-refractivity contribution in [1.29, 1.82) is 0 Å². The molecule has 1 amide bonds. The molecule has 0 aliphatic heterocycles. The highest BCUT2D eigenvalue weighted by Gasteiger charge is 2.02. The number of ether oxygens (including phenoxy) is 1. The Balaban J connectivity index is 1.83. The van der Waals surface area contributed by atoms with Gasteiger partial charge in [0.1, 0.15) is 5.75 Å². The van der Waals surface area contributed by atoms with E-state index in [4.69, 9.17) is 4.74 Å². The zero-order valence-corrected chi connectivity index (χ0v) is 10.7. The van der Waals surface area contributed by atoms with Crippen LogP contribution in [-0.4, -0.2) is 19.6 Å². The van der Waals surface area contributed by atoms with Gasteiger partial charge in [-0.05, 0) is 36.4 Å². The predicted molar refractivity (Wildman–Crippen MR) is 76.6 cm³/mol. The summed E-state index contributed by atoms with van der Waals surface area (Å²) in [5, 5.41) is 5.86. The lowest BCUT2D eigenvalue weighted by Gasteiger charge is -2.08. The van der Waals surface area contributed by atoms with E-state index in [9.17, 15) is 4.79 Å². The van der Waals surface area contributed by atoms with Crippen LogP contribution in [0.15, 0.2) is 54.6 Å². The average Bonchev–Trinajstić information content (AvgIpc) is 2.47. The number of benzene rings is 2. The minimum absolute atomic E-state index is 0.0889. The molecule has 19 heavy (non-hydrogen) atoms. The van der Waals surface area contributed by atoms with Crippen molar-refractivity contribution in [1.82, 2.24) is 0 Å². The van der Waals surface area contributed by atoms with E-state index in [2.05, 4.69) is 10.6 Å². The second-order valence-electron chi connectivity index (χ2n) is 4.00. The van der Waals surface area contributed by atoms with E-state index in [-0.39, 0.29) is 12.5 Å². The molecular formula is C15H16N2O2. The second kappa shape index (κ2) is 6.44. The Morgan fingerprint density at radius 2 is 1.68 bits per heavy atom. The molecule has 2 aromatic rings. The third kappa shape index (κ3) is 4.03.